The largest absolute Gasteiger partial charge is 0.490 e. The van der Waals surface area contributed by atoms with E-state index >= 15 is 0 Å². The summed E-state index contributed by atoms with van der Waals surface area (Å²) in [6, 6.07) is 10.4. The Morgan fingerprint density at radius 3 is 1.67 bits per heavy atom. The van der Waals surface area contributed by atoms with Gasteiger partial charge in [0, 0.05) is 25.8 Å². The van der Waals surface area contributed by atoms with Crippen LogP contribution in [0.5, 0.6) is 0 Å². The SMILES string of the molecule is Cc1ccc(CN2CCC3(CCCN(Cc4ccccn4)C3)C2)o1.O=C(O)C(F)(F)F.O=C(O)C(F)(F)F.O=C(O)C(F)(F)F. The lowest BCUT2D eigenvalue weighted by atomic mass is 9.79. The summed E-state index contributed by atoms with van der Waals surface area (Å²) in [5.41, 5.74) is 1.66. The molecular formula is C26H30F9N3O7. The lowest BCUT2D eigenvalue weighted by molar-refractivity contribution is -0.193. The van der Waals surface area contributed by atoms with Crippen molar-refractivity contribution in [3.05, 3.63) is 53.7 Å². The van der Waals surface area contributed by atoms with Crippen LogP contribution in [0.25, 0.3) is 0 Å². The summed E-state index contributed by atoms with van der Waals surface area (Å²) in [4.78, 5) is 36.4. The zero-order valence-corrected chi connectivity index (χ0v) is 23.5. The number of carbonyl (C=O) groups is 3. The molecule has 0 amide bonds. The number of pyridine rings is 1. The van der Waals surface area contributed by atoms with Gasteiger partial charge in [-0.05, 0) is 69.0 Å². The van der Waals surface area contributed by atoms with E-state index < -0.39 is 36.4 Å². The normalized spacial score (nSPS) is 18.9. The summed E-state index contributed by atoms with van der Waals surface area (Å²) >= 11 is 0. The van der Waals surface area contributed by atoms with Crippen LogP contribution in [-0.2, 0) is 27.5 Å². The van der Waals surface area contributed by atoms with Gasteiger partial charge in [-0.3, -0.25) is 14.8 Å². The van der Waals surface area contributed by atoms with Crippen LogP contribution in [-0.4, -0.2) is 92.7 Å². The third kappa shape index (κ3) is 15.1. The van der Waals surface area contributed by atoms with Crippen molar-refractivity contribution in [2.45, 2.75) is 57.8 Å². The van der Waals surface area contributed by atoms with Gasteiger partial charge in [0.15, 0.2) is 0 Å². The molecule has 0 radical (unpaired) electrons. The van der Waals surface area contributed by atoms with Crippen LogP contribution in [0.3, 0.4) is 0 Å². The maximum atomic E-state index is 10.6. The minimum absolute atomic E-state index is 0.467. The summed E-state index contributed by atoms with van der Waals surface area (Å²) in [5.74, 6) is -6.16. The van der Waals surface area contributed by atoms with Gasteiger partial charge in [0.1, 0.15) is 11.5 Å². The summed E-state index contributed by atoms with van der Waals surface area (Å²) in [7, 11) is 0. The van der Waals surface area contributed by atoms with Crippen molar-refractivity contribution in [1.29, 1.82) is 0 Å². The maximum absolute atomic E-state index is 10.6. The van der Waals surface area contributed by atoms with Gasteiger partial charge in [0.05, 0.1) is 12.2 Å². The number of rotatable bonds is 4. The molecule has 10 nitrogen and oxygen atoms in total. The van der Waals surface area contributed by atoms with Crippen LogP contribution in [0.1, 0.15) is 36.5 Å². The van der Waals surface area contributed by atoms with Crippen LogP contribution in [0.4, 0.5) is 39.5 Å². The summed E-state index contributed by atoms with van der Waals surface area (Å²) in [6.45, 7) is 8.76. The molecule has 4 rings (SSSR count). The number of aryl methyl sites for hydroxylation is 1. The lowest BCUT2D eigenvalue weighted by Gasteiger charge is -2.40. The van der Waals surface area contributed by atoms with Gasteiger partial charge >= 0.3 is 36.4 Å². The summed E-state index contributed by atoms with van der Waals surface area (Å²) < 4.78 is 101. The Morgan fingerprint density at radius 2 is 1.27 bits per heavy atom. The zero-order chi connectivity index (χ0) is 34.6. The second kappa shape index (κ2) is 16.4. The van der Waals surface area contributed by atoms with Crippen molar-refractivity contribution in [3.63, 3.8) is 0 Å². The van der Waals surface area contributed by atoms with E-state index in [-0.39, 0.29) is 0 Å². The van der Waals surface area contributed by atoms with Gasteiger partial charge in [-0.1, -0.05) is 6.07 Å². The molecule has 0 saturated carbocycles. The Bertz CT molecular complexity index is 1180. The first-order valence-electron chi connectivity index (χ1n) is 12.8. The Morgan fingerprint density at radius 1 is 0.778 bits per heavy atom. The molecule has 2 saturated heterocycles. The van der Waals surface area contributed by atoms with Gasteiger partial charge in [-0.2, -0.15) is 39.5 Å². The molecule has 19 heteroatoms. The average molecular weight is 668 g/mol. The zero-order valence-electron chi connectivity index (χ0n) is 23.5. The molecular weight excluding hydrogens is 637 g/mol. The average Bonchev–Trinajstić information content (AvgIpc) is 3.49. The summed E-state index contributed by atoms with van der Waals surface area (Å²) in [6.07, 6.45) is -9.37. The highest BCUT2D eigenvalue weighted by molar-refractivity contribution is 5.73. The molecule has 2 aromatic rings. The van der Waals surface area contributed by atoms with Crippen molar-refractivity contribution in [2.75, 3.05) is 26.2 Å². The minimum atomic E-state index is -5.08. The minimum Gasteiger partial charge on any atom is -0.475 e. The number of aliphatic carboxylic acids is 3. The molecule has 2 aliphatic rings. The molecule has 4 heterocycles. The quantitative estimate of drug-likeness (QED) is 0.364. The van der Waals surface area contributed by atoms with Crippen molar-refractivity contribution >= 4 is 17.9 Å². The number of halogens is 9. The highest BCUT2D eigenvalue weighted by Crippen LogP contribution is 2.39. The monoisotopic (exact) mass is 667 g/mol. The fourth-order valence-corrected chi connectivity index (χ4v) is 4.45. The van der Waals surface area contributed by atoms with Crippen LogP contribution in [0.2, 0.25) is 0 Å². The molecule has 2 aromatic heterocycles. The van der Waals surface area contributed by atoms with E-state index in [9.17, 15) is 39.5 Å². The Labute approximate surface area is 250 Å². The standard InChI is InChI=1S/C20H27N3O.3C2HF3O2/c1-17-6-7-19(24-17)14-23-12-9-20(16-23)8-4-11-22(15-20)13-18-5-2-3-10-21-18;3*3-2(4,5)1(6)7/h2-3,5-7,10H,4,8-9,11-16H2,1H3;3*(H,6,7). The number of carboxylic acids is 3. The molecule has 1 spiro atoms. The predicted octanol–water partition coefficient (Wildman–Crippen LogP) is 5.37. The first kappa shape index (κ1) is 39.2. The second-order valence-electron chi connectivity index (χ2n) is 10.0. The van der Waals surface area contributed by atoms with E-state index in [2.05, 4.69) is 39.0 Å². The van der Waals surface area contributed by atoms with Gasteiger partial charge in [0.2, 0.25) is 0 Å². The highest BCUT2D eigenvalue weighted by atomic mass is 19.4. The number of hydrogen-bond acceptors (Lipinski definition) is 7. The summed E-state index contributed by atoms with van der Waals surface area (Å²) in [5, 5.41) is 21.4. The van der Waals surface area contributed by atoms with Gasteiger partial charge in [-0.15, -0.1) is 0 Å². The van der Waals surface area contributed by atoms with Crippen molar-refractivity contribution in [1.82, 2.24) is 14.8 Å². The van der Waals surface area contributed by atoms with Crippen LogP contribution < -0.4 is 0 Å². The molecule has 0 aromatic carbocycles. The Hall–Kier alpha value is -3.87. The number of furan rings is 1. The smallest absolute Gasteiger partial charge is 0.475 e. The molecule has 2 fully saturated rings. The van der Waals surface area contributed by atoms with Crippen molar-refractivity contribution in [2.24, 2.45) is 5.41 Å². The van der Waals surface area contributed by atoms with E-state index in [1.165, 1.54) is 51.1 Å². The third-order valence-electron chi connectivity index (χ3n) is 6.27. The van der Waals surface area contributed by atoms with Crippen LogP contribution >= 0.6 is 0 Å². The third-order valence-corrected chi connectivity index (χ3v) is 6.27. The second-order valence-corrected chi connectivity index (χ2v) is 10.0. The van der Waals surface area contributed by atoms with E-state index in [0.717, 1.165) is 24.6 Å². The molecule has 45 heavy (non-hydrogen) atoms. The number of piperidine rings is 1. The maximum Gasteiger partial charge on any atom is 0.490 e. The number of nitrogens with zero attached hydrogens (tertiary/aromatic N) is 3. The Balaban J connectivity index is 0.000000396. The molecule has 2 aliphatic heterocycles. The van der Waals surface area contributed by atoms with Gasteiger partial charge < -0.3 is 19.7 Å². The van der Waals surface area contributed by atoms with E-state index in [4.69, 9.17) is 34.1 Å². The number of likely N-dealkylation sites (tertiary alicyclic amines) is 2. The highest BCUT2D eigenvalue weighted by Gasteiger charge is 2.42. The molecule has 1 atom stereocenters. The topological polar surface area (TPSA) is 144 Å². The molecule has 254 valence electrons. The lowest BCUT2D eigenvalue weighted by Crippen LogP contribution is -2.44. The predicted molar refractivity (Wildman–Crippen MR) is 136 cm³/mol. The molecule has 3 N–H and O–H groups in total. The number of carboxylic acid groups (broad SMARTS) is 3. The van der Waals surface area contributed by atoms with Crippen molar-refractivity contribution < 1.29 is 73.6 Å². The molecule has 0 aliphatic carbocycles. The number of aromatic nitrogens is 1. The van der Waals surface area contributed by atoms with E-state index in [0.29, 0.717) is 5.41 Å². The first-order chi connectivity index (χ1) is 20.5. The first-order valence-corrected chi connectivity index (χ1v) is 12.8. The fraction of sp³-hybridized carbons (Fsp3) is 0.538. The van der Waals surface area contributed by atoms with Crippen LogP contribution in [0.15, 0.2) is 40.9 Å². The van der Waals surface area contributed by atoms with Gasteiger partial charge in [-0.25, -0.2) is 14.4 Å². The molecule has 1 unspecified atom stereocenters. The van der Waals surface area contributed by atoms with Crippen LogP contribution in [0, 0.1) is 12.3 Å². The van der Waals surface area contributed by atoms with Gasteiger partial charge in [0.25, 0.3) is 0 Å². The number of alkyl halides is 9. The number of hydrogen-bond donors (Lipinski definition) is 3. The van der Waals surface area contributed by atoms with Crippen molar-refractivity contribution in [3.8, 4) is 0 Å². The van der Waals surface area contributed by atoms with E-state index in [1.807, 2.05) is 19.2 Å². The fourth-order valence-electron chi connectivity index (χ4n) is 4.45. The van der Waals surface area contributed by atoms with E-state index in [1.54, 1.807) is 0 Å². The Kier molecular flexibility index (Phi) is 14.3. The molecule has 0 bridgehead atoms.